The van der Waals surface area contributed by atoms with Gasteiger partial charge in [0.25, 0.3) is 5.91 Å². The predicted molar refractivity (Wildman–Crippen MR) is 65.5 cm³/mol. The largest absolute Gasteiger partial charge is 0.377 e. The third-order valence-electron chi connectivity index (χ3n) is 2.70. The van der Waals surface area contributed by atoms with Gasteiger partial charge in [0.15, 0.2) is 0 Å². The lowest BCUT2D eigenvalue weighted by Crippen LogP contribution is -2.47. The Morgan fingerprint density at radius 1 is 1.56 bits per heavy atom. The first-order chi connectivity index (χ1) is 7.68. The van der Waals surface area contributed by atoms with Crippen molar-refractivity contribution < 1.29 is 9.53 Å². The van der Waals surface area contributed by atoms with E-state index in [0.717, 1.165) is 10.0 Å². The molecule has 2 rings (SSSR count). The average molecular weight is 284 g/mol. The van der Waals surface area contributed by atoms with Crippen LogP contribution in [0.15, 0.2) is 28.7 Å². The highest BCUT2D eigenvalue weighted by Crippen LogP contribution is 2.16. The molecule has 1 atom stereocenters. The Morgan fingerprint density at radius 3 is 3.06 bits per heavy atom. The van der Waals surface area contributed by atoms with Crippen molar-refractivity contribution in [2.45, 2.75) is 13.0 Å². The van der Waals surface area contributed by atoms with Gasteiger partial charge in [-0.05, 0) is 25.1 Å². The minimum absolute atomic E-state index is 0.0806. The topological polar surface area (TPSA) is 29.5 Å². The number of rotatable bonds is 1. The van der Waals surface area contributed by atoms with E-state index in [1.54, 1.807) is 0 Å². The maximum atomic E-state index is 12.2. The van der Waals surface area contributed by atoms with E-state index in [1.807, 2.05) is 36.1 Å². The quantitative estimate of drug-likeness (QED) is 0.792. The fraction of sp³-hybridized carbons (Fsp3) is 0.417. The zero-order chi connectivity index (χ0) is 11.5. The molecule has 1 fully saturated rings. The Labute approximate surface area is 104 Å². The van der Waals surface area contributed by atoms with Crippen molar-refractivity contribution in [3.63, 3.8) is 0 Å². The molecule has 3 nitrogen and oxygen atoms in total. The van der Waals surface area contributed by atoms with Gasteiger partial charge in [-0.25, -0.2) is 0 Å². The number of morpholine rings is 1. The third kappa shape index (κ3) is 2.44. The van der Waals surface area contributed by atoms with Crippen LogP contribution >= 0.6 is 15.9 Å². The number of ether oxygens (including phenoxy) is 1. The summed E-state index contributed by atoms with van der Waals surface area (Å²) in [5.41, 5.74) is 0.725. The van der Waals surface area contributed by atoms with Crippen molar-refractivity contribution in [3.8, 4) is 0 Å². The van der Waals surface area contributed by atoms with E-state index >= 15 is 0 Å². The molecule has 0 aliphatic carbocycles. The molecule has 0 N–H and O–H groups in total. The molecule has 1 aromatic rings. The maximum Gasteiger partial charge on any atom is 0.254 e. The van der Waals surface area contributed by atoms with E-state index in [0.29, 0.717) is 19.8 Å². The average Bonchev–Trinajstić information content (AvgIpc) is 2.29. The fourth-order valence-corrected chi connectivity index (χ4v) is 2.22. The second-order valence-electron chi connectivity index (χ2n) is 3.93. The third-order valence-corrected chi connectivity index (χ3v) is 3.19. The fourth-order valence-electron chi connectivity index (χ4n) is 1.82. The van der Waals surface area contributed by atoms with Crippen molar-refractivity contribution in [1.82, 2.24) is 4.90 Å². The molecule has 86 valence electrons. The number of hydrogen-bond donors (Lipinski definition) is 0. The molecule has 0 bridgehead atoms. The Bertz CT molecular complexity index is 394. The van der Waals surface area contributed by atoms with E-state index in [9.17, 15) is 4.79 Å². The molecule has 16 heavy (non-hydrogen) atoms. The van der Waals surface area contributed by atoms with E-state index in [1.165, 1.54) is 0 Å². The lowest BCUT2D eigenvalue weighted by Gasteiger charge is -2.33. The van der Waals surface area contributed by atoms with E-state index in [2.05, 4.69) is 15.9 Å². The lowest BCUT2D eigenvalue weighted by atomic mass is 10.1. The van der Waals surface area contributed by atoms with Crippen LogP contribution in [0.5, 0.6) is 0 Å². The van der Waals surface area contributed by atoms with Gasteiger partial charge < -0.3 is 9.64 Å². The van der Waals surface area contributed by atoms with Crippen molar-refractivity contribution in [1.29, 1.82) is 0 Å². The number of carbonyl (C=O) groups excluding carboxylic acids is 1. The number of hydrogen-bond acceptors (Lipinski definition) is 2. The summed E-state index contributed by atoms with van der Waals surface area (Å²) in [5.74, 6) is 0.0806. The molecule has 1 aromatic carbocycles. The van der Waals surface area contributed by atoms with Gasteiger partial charge in [0.05, 0.1) is 19.3 Å². The monoisotopic (exact) mass is 283 g/mol. The van der Waals surface area contributed by atoms with Crippen molar-refractivity contribution in [3.05, 3.63) is 34.3 Å². The van der Waals surface area contributed by atoms with E-state index in [-0.39, 0.29) is 11.9 Å². The first kappa shape index (κ1) is 11.6. The zero-order valence-electron chi connectivity index (χ0n) is 9.15. The Hall–Kier alpha value is -0.870. The normalized spacial score (nSPS) is 20.9. The Kier molecular flexibility index (Phi) is 3.61. The summed E-state index contributed by atoms with van der Waals surface area (Å²) in [5, 5.41) is 0. The van der Waals surface area contributed by atoms with Crippen molar-refractivity contribution in [2.24, 2.45) is 0 Å². The molecule has 1 heterocycles. The van der Waals surface area contributed by atoms with Crippen LogP contribution in [0.2, 0.25) is 0 Å². The number of nitrogens with zero attached hydrogens (tertiary/aromatic N) is 1. The van der Waals surface area contributed by atoms with E-state index < -0.39 is 0 Å². The van der Waals surface area contributed by atoms with Gasteiger partial charge in [0.2, 0.25) is 0 Å². The molecule has 1 saturated heterocycles. The van der Waals surface area contributed by atoms with E-state index in [4.69, 9.17) is 4.74 Å². The molecular formula is C12H14BrNO2. The van der Waals surface area contributed by atoms with Crippen LogP contribution in [0.4, 0.5) is 0 Å². The molecule has 4 heteroatoms. The summed E-state index contributed by atoms with van der Waals surface area (Å²) in [6.07, 6.45) is 0. The van der Waals surface area contributed by atoms with Gasteiger partial charge in [-0.15, -0.1) is 0 Å². The van der Waals surface area contributed by atoms with Crippen LogP contribution in [-0.2, 0) is 4.74 Å². The molecule has 1 amide bonds. The van der Waals surface area contributed by atoms with Crippen molar-refractivity contribution >= 4 is 21.8 Å². The van der Waals surface area contributed by atoms with Crippen LogP contribution in [0.25, 0.3) is 0 Å². The molecule has 0 unspecified atom stereocenters. The zero-order valence-corrected chi connectivity index (χ0v) is 10.7. The summed E-state index contributed by atoms with van der Waals surface area (Å²) in [4.78, 5) is 14.1. The van der Waals surface area contributed by atoms with Gasteiger partial charge in [0.1, 0.15) is 0 Å². The second-order valence-corrected chi connectivity index (χ2v) is 4.85. The number of carbonyl (C=O) groups is 1. The van der Waals surface area contributed by atoms with Crippen LogP contribution in [-0.4, -0.2) is 36.6 Å². The highest BCUT2D eigenvalue weighted by Gasteiger charge is 2.24. The first-order valence-electron chi connectivity index (χ1n) is 5.33. The van der Waals surface area contributed by atoms with Crippen LogP contribution in [0.1, 0.15) is 17.3 Å². The minimum Gasteiger partial charge on any atom is -0.377 e. The first-order valence-corrected chi connectivity index (χ1v) is 6.12. The summed E-state index contributed by atoms with van der Waals surface area (Å²) in [6, 6.07) is 7.64. The summed E-state index contributed by atoms with van der Waals surface area (Å²) >= 11 is 3.37. The standard InChI is InChI=1S/C12H14BrNO2/c1-9-8-16-6-5-14(9)12(15)10-3-2-4-11(13)7-10/h2-4,7,9H,5-6,8H2,1H3/t9-/m0/s1. The highest BCUT2D eigenvalue weighted by molar-refractivity contribution is 9.10. The van der Waals surface area contributed by atoms with Crippen LogP contribution in [0.3, 0.4) is 0 Å². The van der Waals surface area contributed by atoms with Crippen LogP contribution < -0.4 is 0 Å². The Morgan fingerprint density at radius 2 is 2.38 bits per heavy atom. The molecule has 0 aromatic heterocycles. The lowest BCUT2D eigenvalue weighted by molar-refractivity contribution is 0.00359. The van der Waals surface area contributed by atoms with Gasteiger partial charge in [-0.3, -0.25) is 4.79 Å². The number of amides is 1. The molecule has 1 aliphatic heterocycles. The summed E-state index contributed by atoms with van der Waals surface area (Å²) in [6.45, 7) is 3.94. The van der Waals surface area contributed by atoms with Gasteiger partial charge in [0, 0.05) is 16.6 Å². The summed E-state index contributed by atoms with van der Waals surface area (Å²) < 4.78 is 6.25. The minimum atomic E-state index is 0.0806. The molecule has 1 aliphatic rings. The maximum absolute atomic E-state index is 12.2. The Balaban J connectivity index is 2.17. The molecular weight excluding hydrogens is 270 g/mol. The molecule has 0 spiro atoms. The molecule has 0 radical (unpaired) electrons. The predicted octanol–water partition coefficient (Wildman–Crippen LogP) is 2.31. The summed E-state index contributed by atoms with van der Waals surface area (Å²) in [7, 11) is 0. The van der Waals surface area contributed by atoms with Crippen LogP contribution in [0, 0.1) is 0 Å². The van der Waals surface area contributed by atoms with Gasteiger partial charge >= 0.3 is 0 Å². The SMILES string of the molecule is C[C@H]1COCCN1C(=O)c1cccc(Br)c1. The second kappa shape index (κ2) is 4.97. The molecule has 0 saturated carbocycles. The number of benzene rings is 1. The highest BCUT2D eigenvalue weighted by atomic mass is 79.9. The number of halogens is 1. The van der Waals surface area contributed by atoms with Crippen molar-refractivity contribution in [2.75, 3.05) is 19.8 Å². The smallest absolute Gasteiger partial charge is 0.254 e. The van der Waals surface area contributed by atoms with Gasteiger partial charge in [-0.1, -0.05) is 22.0 Å². The van der Waals surface area contributed by atoms with Gasteiger partial charge in [-0.2, -0.15) is 0 Å².